The summed E-state index contributed by atoms with van der Waals surface area (Å²) in [4.78, 5) is 4.68. The van der Waals surface area contributed by atoms with Crippen molar-refractivity contribution < 1.29 is 4.42 Å². The molecule has 0 atom stereocenters. The van der Waals surface area contributed by atoms with E-state index in [0.717, 1.165) is 27.8 Å². The van der Waals surface area contributed by atoms with Crippen LogP contribution in [0.2, 0.25) is 0 Å². The smallest absolute Gasteiger partial charge is 0.135 e. The molecule has 0 aliphatic heterocycles. The number of hydrogen-bond acceptors (Lipinski definition) is 2. The first-order chi connectivity index (χ1) is 14.0. The Hall–Kier alpha value is -3.39. The molecule has 0 unspecified atom stereocenters. The largest absolute Gasteiger partial charge is 0.456 e. The number of furan rings is 1. The van der Waals surface area contributed by atoms with Gasteiger partial charge in [0.1, 0.15) is 11.2 Å². The van der Waals surface area contributed by atoms with Gasteiger partial charge in [-0.15, -0.1) is 0 Å². The van der Waals surface area contributed by atoms with Gasteiger partial charge >= 0.3 is 0 Å². The van der Waals surface area contributed by atoms with Gasteiger partial charge in [0.05, 0.1) is 5.69 Å². The van der Waals surface area contributed by atoms with Crippen molar-refractivity contribution in [1.29, 1.82) is 0 Å². The summed E-state index contributed by atoms with van der Waals surface area (Å²) in [6.45, 7) is 6.65. The summed E-state index contributed by atoms with van der Waals surface area (Å²) in [6.07, 6.45) is 1.91. The third-order valence-corrected chi connectivity index (χ3v) is 5.98. The van der Waals surface area contributed by atoms with Crippen LogP contribution >= 0.6 is 0 Å². The SMILES string of the molecule is Cc1cccc2oc3ccc(-c4cc(C(C)(C)c5ccccc5)ccn4)cc3c12. The van der Waals surface area contributed by atoms with Crippen LogP contribution in [-0.2, 0) is 5.41 Å². The van der Waals surface area contributed by atoms with Crippen molar-refractivity contribution in [2.24, 2.45) is 0 Å². The number of benzene rings is 3. The van der Waals surface area contributed by atoms with Crippen LogP contribution in [0.1, 0.15) is 30.5 Å². The highest BCUT2D eigenvalue weighted by Gasteiger charge is 2.23. The Morgan fingerprint density at radius 1 is 0.759 bits per heavy atom. The summed E-state index contributed by atoms with van der Waals surface area (Å²) in [7, 11) is 0. The zero-order chi connectivity index (χ0) is 20.0. The first-order valence-electron chi connectivity index (χ1n) is 9.98. The number of hydrogen-bond donors (Lipinski definition) is 0. The summed E-state index contributed by atoms with van der Waals surface area (Å²) < 4.78 is 6.04. The maximum Gasteiger partial charge on any atom is 0.135 e. The molecule has 0 fully saturated rings. The summed E-state index contributed by atoms with van der Waals surface area (Å²) in [5.74, 6) is 0. The molecule has 2 heteroatoms. The second-order valence-corrected chi connectivity index (χ2v) is 8.18. The Balaban J connectivity index is 1.64. The molecular formula is C27H23NO. The van der Waals surface area contributed by atoms with Gasteiger partial charge in [0.15, 0.2) is 0 Å². The van der Waals surface area contributed by atoms with Crippen LogP contribution < -0.4 is 0 Å². The second kappa shape index (κ2) is 6.59. The van der Waals surface area contributed by atoms with E-state index >= 15 is 0 Å². The Morgan fingerprint density at radius 2 is 1.59 bits per heavy atom. The van der Waals surface area contributed by atoms with Crippen molar-refractivity contribution in [3.05, 3.63) is 102 Å². The third-order valence-electron chi connectivity index (χ3n) is 5.98. The zero-order valence-electron chi connectivity index (χ0n) is 16.9. The van der Waals surface area contributed by atoms with E-state index in [1.165, 1.54) is 22.1 Å². The van der Waals surface area contributed by atoms with E-state index in [2.05, 4.69) is 92.5 Å². The third kappa shape index (κ3) is 2.92. The van der Waals surface area contributed by atoms with Crippen LogP contribution in [0.25, 0.3) is 33.2 Å². The summed E-state index contributed by atoms with van der Waals surface area (Å²) >= 11 is 0. The summed E-state index contributed by atoms with van der Waals surface area (Å²) in [6, 6.07) is 27.5. The highest BCUT2D eigenvalue weighted by molar-refractivity contribution is 6.07. The summed E-state index contributed by atoms with van der Waals surface area (Å²) in [5, 5.41) is 2.33. The minimum Gasteiger partial charge on any atom is -0.456 e. The topological polar surface area (TPSA) is 26.0 Å². The Kier molecular flexibility index (Phi) is 4.02. The van der Waals surface area contributed by atoms with E-state index < -0.39 is 0 Å². The predicted octanol–water partition coefficient (Wildman–Crippen LogP) is 7.28. The van der Waals surface area contributed by atoms with Gasteiger partial charge in [0, 0.05) is 27.9 Å². The van der Waals surface area contributed by atoms with E-state index in [4.69, 9.17) is 4.42 Å². The van der Waals surface area contributed by atoms with Crippen molar-refractivity contribution in [3.8, 4) is 11.3 Å². The van der Waals surface area contributed by atoms with Crippen molar-refractivity contribution >= 4 is 21.9 Å². The van der Waals surface area contributed by atoms with Crippen molar-refractivity contribution in [2.75, 3.05) is 0 Å². The van der Waals surface area contributed by atoms with E-state index in [9.17, 15) is 0 Å². The molecule has 3 aromatic carbocycles. The molecule has 0 amide bonds. The van der Waals surface area contributed by atoms with Gasteiger partial charge in [-0.05, 0) is 60.0 Å². The molecule has 0 bridgehead atoms. The van der Waals surface area contributed by atoms with Crippen molar-refractivity contribution in [1.82, 2.24) is 4.98 Å². The molecule has 0 aliphatic carbocycles. The molecule has 0 spiro atoms. The number of aromatic nitrogens is 1. The first-order valence-corrected chi connectivity index (χ1v) is 9.98. The molecule has 0 aliphatic rings. The number of fused-ring (bicyclic) bond motifs is 3. The highest BCUT2D eigenvalue weighted by atomic mass is 16.3. The van der Waals surface area contributed by atoms with E-state index in [-0.39, 0.29) is 5.41 Å². The molecule has 2 aromatic heterocycles. The van der Waals surface area contributed by atoms with Crippen LogP contribution in [0.15, 0.2) is 89.5 Å². The van der Waals surface area contributed by atoms with E-state index in [0.29, 0.717) is 0 Å². The molecule has 2 nitrogen and oxygen atoms in total. The number of rotatable bonds is 3. The van der Waals surface area contributed by atoms with Crippen LogP contribution in [-0.4, -0.2) is 4.98 Å². The summed E-state index contributed by atoms with van der Waals surface area (Å²) in [5.41, 5.74) is 7.62. The van der Waals surface area contributed by atoms with Crippen molar-refractivity contribution in [3.63, 3.8) is 0 Å². The quantitative estimate of drug-likeness (QED) is 0.330. The molecule has 0 N–H and O–H groups in total. The molecule has 0 saturated carbocycles. The van der Waals surface area contributed by atoms with Crippen LogP contribution in [0.3, 0.4) is 0 Å². The minimum atomic E-state index is -0.0953. The maximum absolute atomic E-state index is 6.04. The zero-order valence-corrected chi connectivity index (χ0v) is 16.9. The molecule has 142 valence electrons. The average molecular weight is 377 g/mol. The Labute approximate surface area is 170 Å². The normalized spacial score (nSPS) is 12.0. The second-order valence-electron chi connectivity index (χ2n) is 8.18. The van der Waals surface area contributed by atoms with Crippen molar-refractivity contribution in [2.45, 2.75) is 26.2 Å². The lowest BCUT2D eigenvalue weighted by Crippen LogP contribution is -2.18. The van der Waals surface area contributed by atoms with Crippen LogP contribution in [0.5, 0.6) is 0 Å². The highest BCUT2D eigenvalue weighted by Crippen LogP contribution is 2.36. The minimum absolute atomic E-state index is 0.0953. The molecule has 2 heterocycles. The Bertz CT molecular complexity index is 1330. The maximum atomic E-state index is 6.04. The molecule has 29 heavy (non-hydrogen) atoms. The number of nitrogens with zero attached hydrogens (tertiary/aromatic N) is 1. The molecule has 0 saturated heterocycles. The van der Waals surface area contributed by atoms with Gasteiger partial charge < -0.3 is 4.42 Å². The fourth-order valence-corrected chi connectivity index (χ4v) is 4.16. The molecule has 5 rings (SSSR count). The molecular weight excluding hydrogens is 354 g/mol. The first kappa shape index (κ1) is 17.7. The standard InChI is InChI=1S/C27H23NO/c1-18-8-7-11-25-26(18)22-16-19(12-13-24(22)29-25)23-17-21(14-15-28-23)27(2,3)20-9-5-4-6-10-20/h4-17H,1-3H3. The van der Waals surface area contributed by atoms with E-state index in [1.54, 1.807) is 0 Å². The molecule has 5 aromatic rings. The van der Waals surface area contributed by atoms with Gasteiger partial charge in [0.2, 0.25) is 0 Å². The van der Waals surface area contributed by atoms with Gasteiger partial charge in [-0.2, -0.15) is 0 Å². The number of pyridine rings is 1. The van der Waals surface area contributed by atoms with Gasteiger partial charge in [-0.1, -0.05) is 56.3 Å². The lowest BCUT2D eigenvalue weighted by molar-refractivity contribution is 0.640. The fraction of sp³-hybridized carbons (Fsp3) is 0.148. The van der Waals surface area contributed by atoms with Gasteiger partial charge in [-0.3, -0.25) is 4.98 Å². The van der Waals surface area contributed by atoms with Gasteiger partial charge in [-0.25, -0.2) is 0 Å². The monoisotopic (exact) mass is 377 g/mol. The van der Waals surface area contributed by atoms with E-state index in [1.807, 2.05) is 18.3 Å². The lowest BCUT2D eigenvalue weighted by Gasteiger charge is -2.26. The predicted molar refractivity (Wildman–Crippen MR) is 120 cm³/mol. The number of aryl methyl sites for hydroxylation is 1. The average Bonchev–Trinajstić information content (AvgIpc) is 3.13. The Morgan fingerprint density at radius 3 is 2.41 bits per heavy atom. The molecule has 0 radical (unpaired) electrons. The lowest BCUT2D eigenvalue weighted by atomic mass is 9.78. The van der Waals surface area contributed by atoms with Crippen LogP contribution in [0, 0.1) is 6.92 Å². The fourth-order valence-electron chi connectivity index (χ4n) is 4.16. The van der Waals surface area contributed by atoms with Gasteiger partial charge in [0.25, 0.3) is 0 Å². The van der Waals surface area contributed by atoms with Crippen LogP contribution in [0.4, 0.5) is 0 Å².